The first-order valence-corrected chi connectivity index (χ1v) is 12.6. The lowest BCUT2D eigenvalue weighted by molar-refractivity contribution is 0.0180. The van der Waals surface area contributed by atoms with Crippen molar-refractivity contribution in [2.75, 3.05) is 19.6 Å². The summed E-state index contributed by atoms with van der Waals surface area (Å²) in [4.78, 5) is 2.68. The zero-order valence-corrected chi connectivity index (χ0v) is 18.2. The Bertz CT molecular complexity index is 302. The largest absolute Gasteiger partial charge is 0.303 e. The molecule has 0 spiro atoms. The van der Waals surface area contributed by atoms with Gasteiger partial charge >= 0.3 is 0 Å². The molecule has 0 saturated carbocycles. The Kier molecular flexibility index (Phi) is 12.0. The van der Waals surface area contributed by atoms with Gasteiger partial charge in [-0.2, -0.15) is 0 Å². The molecule has 1 heteroatoms. The van der Waals surface area contributed by atoms with Crippen LogP contribution in [-0.2, 0) is 0 Å². The number of piperidine rings is 3. The van der Waals surface area contributed by atoms with Gasteiger partial charge in [0.15, 0.2) is 0 Å². The minimum Gasteiger partial charge on any atom is -0.303 e. The van der Waals surface area contributed by atoms with E-state index in [2.05, 4.69) is 11.8 Å². The van der Waals surface area contributed by atoms with Crippen molar-refractivity contribution in [3.05, 3.63) is 0 Å². The predicted octanol–water partition coefficient (Wildman–Crippen LogP) is 8.12. The van der Waals surface area contributed by atoms with Crippen LogP contribution in [0.25, 0.3) is 0 Å². The van der Waals surface area contributed by atoms with Gasteiger partial charge in [0.2, 0.25) is 0 Å². The molecule has 0 unspecified atom stereocenters. The second-order valence-corrected chi connectivity index (χ2v) is 9.64. The van der Waals surface area contributed by atoms with Crippen LogP contribution in [0.3, 0.4) is 0 Å². The summed E-state index contributed by atoms with van der Waals surface area (Å²) in [6.07, 6.45) is 29.8. The first kappa shape index (κ1) is 22.3. The summed E-state index contributed by atoms with van der Waals surface area (Å²) in [7, 11) is 0. The monoisotopic (exact) mass is 363 g/mol. The lowest BCUT2D eigenvalue weighted by Gasteiger charge is -2.48. The molecule has 0 aromatic heterocycles. The predicted molar refractivity (Wildman–Crippen MR) is 117 cm³/mol. The van der Waals surface area contributed by atoms with Crippen LogP contribution >= 0.6 is 0 Å². The highest BCUT2D eigenvalue weighted by atomic mass is 15.1. The summed E-state index contributed by atoms with van der Waals surface area (Å²) in [5.74, 6) is 0. The molecule has 3 aliphatic heterocycles. The molecule has 0 atom stereocenters. The first-order chi connectivity index (χ1) is 12.8. The maximum atomic E-state index is 2.68. The molecule has 3 fully saturated rings. The van der Waals surface area contributed by atoms with Gasteiger partial charge in [0.25, 0.3) is 0 Å². The van der Waals surface area contributed by atoms with E-state index in [-0.39, 0.29) is 0 Å². The Labute approximate surface area is 165 Å². The van der Waals surface area contributed by atoms with Crippen molar-refractivity contribution in [2.45, 2.75) is 135 Å². The van der Waals surface area contributed by atoms with Crippen LogP contribution in [0.1, 0.15) is 135 Å². The first-order valence-electron chi connectivity index (χ1n) is 12.6. The normalized spacial score (nSPS) is 25.0. The van der Waals surface area contributed by atoms with Crippen LogP contribution in [0.5, 0.6) is 0 Å². The Morgan fingerprint density at radius 2 is 0.846 bits per heavy atom. The van der Waals surface area contributed by atoms with E-state index in [9.17, 15) is 0 Å². The van der Waals surface area contributed by atoms with Crippen LogP contribution in [0, 0.1) is 5.41 Å². The molecule has 1 nitrogen and oxygen atoms in total. The molecule has 0 amide bonds. The van der Waals surface area contributed by atoms with E-state index < -0.39 is 0 Å². The fourth-order valence-corrected chi connectivity index (χ4v) is 5.32. The molecule has 3 saturated heterocycles. The van der Waals surface area contributed by atoms with Crippen molar-refractivity contribution in [1.82, 2.24) is 4.90 Å². The van der Waals surface area contributed by atoms with Gasteiger partial charge in [-0.15, -0.1) is 0 Å². The standard InChI is InChI=1S/C25H49N/c1-2-3-4-5-6-7-8-9-10-11-12-13-14-15-16-17-18-25-19-22-26(23-20-25)24-21-25/h2-24H2,1H3. The highest BCUT2D eigenvalue weighted by Gasteiger charge is 2.38. The number of hydrogen-bond donors (Lipinski definition) is 0. The topological polar surface area (TPSA) is 3.24 Å². The number of rotatable bonds is 17. The third-order valence-corrected chi connectivity index (χ3v) is 7.44. The molecule has 0 N–H and O–H groups in total. The molecule has 0 radical (unpaired) electrons. The second-order valence-electron chi connectivity index (χ2n) is 9.64. The molecule has 0 aliphatic carbocycles. The van der Waals surface area contributed by atoms with Crippen LogP contribution in [-0.4, -0.2) is 24.5 Å². The van der Waals surface area contributed by atoms with Gasteiger partial charge in [-0.25, -0.2) is 0 Å². The number of hydrogen-bond acceptors (Lipinski definition) is 1. The molecule has 26 heavy (non-hydrogen) atoms. The second kappa shape index (κ2) is 14.0. The van der Waals surface area contributed by atoms with Crippen LogP contribution in [0.2, 0.25) is 0 Å². The Morgan fingerprint density at radius 3 is 1.23 bits per heavy atom. The summed E-state index contributed by atoms with van der Waals surface area (Å²) >= 11 is 0. The van der Waals surface area contributed by atoms with E-state index in [0.29, 0.717) is 0 Å². The van der Waals surface area contributed by atoms with Gasteiger partial charge in [-0.3, -0.25) is 0 Å². The molecule has 3 heterocycles. The quantitative estimate of drug-likeness (QED) is 0.236. The van der Waals surface area contributed by atoms with Gasteiger partial charge in [0.05, 0.1) is 0 Å². The van der Waals surface area contributed by atoms with Crippen molar-refractivity contribution in [3.63, 3.8) is 0 Å². The van der Waals surface area contributed by atoms with Crippen molar-refractivity contribution in [1.29, 1.82) is 0 Å². The maximum Gasteiger partial charge on any atom is -0.00134 e. The van der Waals surface area contributed by atoms with E-state index in [1.807, 2.05) is 0 Å². The van der Waals surface area contributed by atoms with E-state index >= 15 is 0 Å². The van der Waals surface area contributed by atoms with Gasteiger partial charge < -0.3 is 4.90 Å². The average molecular weight is 364 g/mol. The molecule has 154 valence electrons. The van der Waals surface area contributed by atoms with E-state index in [1.54, 1.807) is 6.42 Å². The minimum absolute atomic E-state index is 0.782. The van der Waals surface area contributed by atoms with E-state index in [1.165, 1.54) is 142 Å². The Balaban J connectivity index is 1.27. The zero-order chi connectivity index (χ0) is 18.3. The SMILES string of the molecule is CCCCCCCCCCCCCCCCCCC12CCN(CC1)CC2. The third kappa shape index (κ3) is 9.25. The number of fused-ring (bicyclic) bond motifs is 3. The molecule has 3 rings (SSSR count). The molecule has 2 bridgehead atoms. The Morgan fingerprint density at radius 1 is 0.500 bits per heavy atom. The highest BCUT2D eigenvalue weighted by Crippen LogP contribution is 2.44. The molecule has 3 aliphatic rings. The van der Waals surface area contributed by atoms with Gasteiger partial charge in [0.1, 0.15) is 0 Å². The van der Waals surface area contributed by atoms with Gasteiger partial charge in [-0.05, 0) is 50.7 Å². The highest BCUT2D eigenvalue weighted by molar-refractivity contribution is 4.91. The molecular weight excluding hydrogens is 314 g/mol. The minimum atomic E-state index is 0.782. The fraction of sp³-hybridized carbons (Fsp3) is 1.00. The summed E-state index contributed by atoms with van der Waals surface area (Å²) in [5, 5.41) is 0. The van der Waals surface area contributed by atoms with Gasteiger partial charge in [-0.1, -0.05) is 110 Å². The van der Waals surface area contributed by atoms with Crippen LogP contribution in [0.15, 0.2) is 0 Å². The molecule has 0 aromatic carbocycles. The lowest BCUT2D eigenvalue weighted by atomic mass is 9.69. The molecular formula is C25H49N. The molecule has 0 aromatic rings. The Hall–Kier alpha value is -0.0400. The van der Waals surface area contributed by atoms with Crippen LogP contribution < -0.4 is 0 Å². The zero-order valence-electron chi connectivity index (χ0n) is 18.2. The van der Waals surface area contributed by atoms with Crippen molar-refractivity contribution < 1.29 is 0 Å². The van der Waals surface area contributed by atoms with Crippen LogP contribution in [0.4, 0.5) is 0 Å². The smallest absolute Gasteiger partial charge is 0.00134 e. The van der Waals surface area contributed by atoms with Crippen molar-refractivity contribution >= 4 is 0 Å². The average Bonchev–Trinajstić information content (AvgIpc) is 2.69. The fourth-order valence-electron chi connectivity index (χ4n) is 5.32. The van der Waals surface area contributed by atoms with Crippen molar-refractivity contribution in [2.24, 2.45) is 5.41 Å². The van der Waals surface area contributed by atoms with Gasteiger partial charge in [0, 0.05) is 0 Å². The maximum absolute atomic E-state index is 2.68. The number of unbranched alkanes of at least 4 members (excludes halogenated alkanes) is 15. The van der Waals surface area contributed by atoms with E-state index in [4.69, 9.17) is 0 Å². The summed E-state index contributed by atoms with van der Waals surface area (Å²) in [6, 6.07) is 0. The number of nitrogens with zero attached hydrogens (tertiary/aromatic N) is 1. The summed E-state index contributed by atoms with van der Waals surface area (Å²) in [5.41, 5.74) is 0.782. The third-order valence-electron chi connectivity index (χ3n) is 7.44. The van der Waals surface area contributed by atoms with E-state index in [0.717, 1.165) is 5.41 Å². The lowest BCUT2D eigenvalue weighted by Crippen LogP contribution is -2.48. The summed E-state index contributed by atoms with van der Waals surface area (Å²) < 4.78 is 0. The van der Waals surface area contributed by atoms with Crippen molar-refractivity contribution in [3.8, 4) is 0 Å². The summed E-state index contributed by atoms with van der Waals surface area (Å²) in [6.45, 7) is 6.51.